The molecule has 0 atom stereocenters. The van der Waals surface area contributed by atoms with Crippen LogP contribution in [0.2, 0.25) is 0 Å². The first kappa shape index (κ1) is 13.1. The molecular weight excluding hydrogens is 224 g/mol. The molecule has 1 aliphatic rings. The van der Waals surface area contributed by atoms with E-state index in [2.05, 4.69) is 24.8 Å². The summed E-state index contributed by atoms with van der Waals surface area (Å²) in [7, 11) is 0. The third-order valence-electron chi connectivity index (χ3n) is 3.50. The molecule has 0 amide bonds. The molecule has 100 valence electrons. The fourth-order valence-corrected chi connectivity index (χ4v) is 2.69. The maximum Gasteiger partial charge on any atom is 0.123 e. The zero-order chi connectivity index (χ0) is 13.3. The van der Waals surface area contributed by atoms with E-state index in [-0.39, 0.29) is 11.6 Å². The van der Waals surface area contributed by atoms with E-state index in [0.717, 1.165) is 18.0 Å². The SMILES string of the molecule is CC(C)Oc1cc(N)cc(N2CCCC2(C)C)c1. The number of anilines is 2. The number of rotatable bonds is 3. The Morgan fingerprint density at radius 2 is 2.00 bits per heavy atom. The minimum absolute atomic E-state index is 0.172. The van der Waals surface area contributed by atoms with Crippen molar-refractivity contribution >= 4 is 11.4 Å². The first-order valence-corrected chi connectivity index (χ1v) is 6.73. The number of nitrogens with zero attached hydrogens (tertiary/aromatic N) is 1. The number of hydrogen-bond donors (Lipinski definition) is 1. The van der Waals surface area contributed by atoms with Crippen molar-refractivity contribution < 1.29 is 4.74 Å². The second-order valence-electron chi connectivity index (χ2n) is 5.99. The molecule has 1 aromatic carbocycles. The first-order chi connectivity index (χ1) is 8.38. The molecule has 3 nitrogen and oxygen atoms in total. The van der Waals surface area contributed by atoms with Crippen molar-refractivity contribution in [2.45, 2.75) is 52.2 Å². The molecule has 3 heteroatoms. The summed E-state index contributed by atoms with van der Waals surface area (Å²) in [5.41, 5.74) is 8.14. The smallest absolute Gasteiger partial charge is 0.123 e. The van der Waals surface area contributed by atoms with Crippen molar-refractivity contribution in [3.05, 3.63) is 18.2 Å². The Bertz CT molecular complexity index is 427. The maximum atomic E-state index is 5.98. The Morgan fingerprint density at radius 1 is 1.28 bits per heavy atom. The number of nitrogens with two attached hydrogens (primary N) is 1. The van der Waals surface area contributed by atoms with Gasteiger partial charge in [0.15, 0.2) is 0 Å². The van der Waals surface area contributed by atoms with Crippen LogP contribution in [0, 0.1) is 0 Å². The zero-order valence-corrected chi connectivity index (χ0v) is 11.9. The molecule has 0 bridgehead atoms. The second-order valence-corrected chi connectivity index (χ2v) is 5.99. The van der Waals surface area contributed by atoms with Gasteiger partial charge in [0.25, 0.3) is 0 Å². The quantitative estimate of drug-likeness (QED) is 0.833. The minimum atomic E-state index is 0.172. The predicted octanol–water partition coefficient (Wildman–Crippen LogP) is 3.43. The Hall–Kier alpha value is -1.38. The van der Waals surface area contributed by atoms with E-state index in [1.54, 1.807) is 0 Å². The van der Waals surface area contributed by atoms with Gasteiger partial charge in [-0.3, -0.25) is 0 Å². The largest absolute Gasteiger partial charge is 0.491 e. The normalized spacial score (nSPS) is 18.4. The van der Waals surface area contributed by atoms with Crippen molar-refractivity contribution in [1.82, 2.24) is 0 Å². The van der Waals surface area contributed by atoms with Gasteiger partial charge in [0.2, 0.25) is 0 Å². The number of hydrogen-bond acceptors (Lipinski definition) is 3. The molecule has 0 aromatic heterocycles. The van der Waals surface area contributed by atoms with Crippen molar-refractivity contribution in [3.63, 3.8) is 0 Å². The highest BCUT2D eigenvalue weighted by Crippen LogP contribution is 2.36. The zero-order valence-electron chi connectivity index (χ0n) is 11.9. The molecule has 0 unspecified atom stereocenters. The van der Waals surface area contributed by atoms with Gasteiger partial charge in [0.1, 0.15) is 5.75 Å². The summed E-state index contributed by atoms with van der Waals surface area (Å²) in [4.78, 5) is 2.43. The van der Waals surface area contributed by atoms with Crippen molar-refractivity contribution in [3.8, 4) is 5.75 Å². The highest BCUT2D eigenvalue weighted by Gasteiger charge is 2.32. The van der Waals surface area contributed by atoms with Gasteiger partial charge in [-0.2, -0.15) is 0 Å². The molecule has 1 aliphatic heterocycles. The molecule has 1 aromatic rings. The van der Waals surface area contributed by atoms with Gasteiger partial charge >= 0.3 is 0 Å². The number of benzene rings is 1. The van der Waals surface area contributed by atoms with Crippen molar-refractivity contribution in [2.24, 2.45) is 0 Å². The molecule has 1 fully saturated rings. The Labute approximate surface area is 110 Å². The predicted molar refractivity (Wildman–Crippen MR) is 77.3 cm³/mol. The standard InChI is InChI=1S/C15H24N2O/c1-11(2)18-14-9-12(16)8-13(10-14)17-7-5-6-15(17,3)4/h8-11H,5-7,16H2,1-4H3. The van der Waals surface area contributed by atoms with Gasteiger partial charge in [-0.1, -0.05) is 0 Å². The molecule has 1 heterocycles. The van der Waals surface area contributed by atoms with Crippen LogP contribution in [0.3, 0.4) is 0 Å². The lowest BCUT2D eigenvalue weighted by Gasteiger charge is -2.34. The summed E-state index contributed by atoms with van der Waals surface area (Å²) in [5.74, 6) is 0.864. The third kappa shape index (κ3) is 2.71. The Morgan fingerprint density at radius 3 is 2.56 bits per heavy atom. The summed E-state index contributed by atoms with van der Waals surface area (Å²) >= 11 is 0. The van der Waals surface area contributed by atoms with Crippen LogP contribution in [0.15, 0.2) is 18.2 Å². The van der Waals surface area contributed by atoms with E-state index < -0.39 is 0 Å². The van der Waals surface area contributed by atoms with Crippen LogP contribution in [0.25, 0.3) is 0 Å². The van der Waals surface area contributed by atoms with Crippen LogP contribution < -0.4 is 15.4 Å². The fourth-order valence-electron chi connectivity index (χ4n) is 2.69. The molecule has 0 aliphatic carbocycles. The molecule has 2 N–H and O–H groups in total. The van der Waals surface area contributed by atoms with E-state index in [1.807, 2.05) is 26.0 Å². The lowest BCUT2D eigenvalue weighted by Crippen LogP contribution is -2.38. The summed E-state index contributed by atoms with van der Waals surface area (Å²) in [5, 5.41) is 0. The lowest BCUT2D eigenvalue weighted by molar-refractivity contribution is 0.242. The minimum Gasteiger partial charge on any atom is -0.491 e. The summed E-state index contributed by atoms with van der Waals surface area (Å²) in [6.45, 7) is 9.72. The van der Waals surface area contributed by atoms with E-state index in [9.17, 15) is 0 Å². The maximum absolute atomic E-state index is 5.98. The van der Waals surface area contributed by atoms with Crippen molar-refractivity contribution in [1.29, 1.82) is 0 Å². The van der Waals surface area contributed by atoms with Gasteiger partial charge in [-0.15, -0.1) is 0 Å². The van der Waals surface area contributed by atoms with E-state index in [1.165, 1.54) is 18.5 Å². The van der Waals surface area contributed by atoms with Gasteiger partial charge in [-0.05, 0) is 46.6 Å². The van der Waals surface area contributed by atoms with Crippen LogP contribution in [-0.4, -0.2) is 18.2 Å². The highest BCUT2D eigenvalue weighted by atomic mass is 16.5. The van der Waals surface area contributed by atoms with E-state index in [0.29, 0.717) is 0 Å². The molecule has 0 radical (unpaired) electrons. The van der Waals surface area contributed by atoms with Gasteiger partial charge < -0.3 is 15.4 Å². The average molecular weight is 248 g/mol. The van der Waals surface area contributed by atoms with Crippen LogP contribution in [-0.2, 0) is 0 Å². The number of nitrogen functional groups attached to an aromatic ring is 1. The highest BCUT2D eigenvalue weighted by molar-refractivity contribution is 5.62. The second kappa shape index (κ2) is 4.71. The van der Waals surface area contributed by atoms with Gasteiger partial charge in [-0.25, -0.2) is 0 Å². The number of ether oxygens (including phenoxy) is 1. The van der Waals surface area contributed by atoms with Gasteiger partial charge in [0.05, 0.1) is 6.10 Å². The van der Waals surface area contributed by atoms with E-state index in [4.69, 9.17) is 10.5 Å². The third-order valence-corrected chi connectivity index (χ3v) is 3.50. The van der Waals surface area contributed by atoms with E-state index >= 15 is 0 Å². The molecule has 0 saturated carbocycles. The van der Waals surface area contributed by atoms with Crippen molar-refractivity contribution in [2.75, 3.05) is 17.2 Å². The Kier molecular flexibility index (Phi) is 3.42. The molecule has 2 rings (SSSR count). The lowest BCUT2D eigenvalue weighted by atomic mass is 10.0. The monoisotopic (exact) mass is 248 g/mol. The van der Waals surface area contributed by atoms with Crippen LogP contribution in [0.4, 0.5) is 11.4 Å². The van der Waals surface area contributed by atoms with Crippen LogP contribution in [0.1, 0.15) is 40.5 Å². The summed E-state index contributed by atoms with van der Waals surface area (Å²) < 4.78 is 5.76. The van der Waals surface area contributed by atoms with Crippen LogP contribution >= 0.6 is 0 Å². The molecule has 1 saturated heterocycles. The van der Waals surface area contributed by atoms with Gasteiger partial charge in [0, 0.05) is 35.6 Å². The average Bonchev–Trinajstić information content (AvgIpc) is 2.55. The topological polar surface area (TPSA) is 38.5 Å². The fraction of sp³-hybridized carbons (Fsp3) is 0.600. The van der Waals surface area contributed by atoms with Crippen LogP contribution in [0.5, 0.6) is 5.75 Å². The molecule has 0 spiro atoms. The molecule has 18 heavy (non-hydrogen) atoms. The summed E-state index contributed by atoms with van der Waals surface area (Å²) in [6, 6.07) is 6.04. The first-order valence-electron chi connectivity index (χ1n) is 6.73. The summed E-state index contributed by atoms with van der Waals surface area (Å²) in [6.07, 6.45) is 2.64. The molecular formula is C15H24N2O. The Balaban J connectivity index is 2.30.